The molecule has 96 valence electrons. The van der Waals surface area contributed by atoms with Gasteiger partial charge in [-0.3, -0.25) is 0 Å². The quantitative estimate of drug-likeness (QED) is 0.773. The average molecular weight is 238 g/mol. The van der Waals surface area contributed by atoms with Crippen molar-refractivity contribution in [3.8, 4) is 0 Å². The van der Waals surface area contributed by atoms with Crippen LogP contribution in [0.3, 0.4) is 0 Å². The summed E-state index contributed by atoms with van der Waals surface area (Å²) in [6, 6.07) is 3.91. The van der Waals surface area contributed by atoms with Crippen molar-refractivity contribution in [3.05, 3.63) is 23.9 Å². The molecule has 0 fully saturated rings. The SMILES string of the molecule is CNc1ncccc1COCCOC(C)(C)C. The Labute approximate surface area is 103 Å². The number of pyridine rings is 1. The van der Waals surface area contributed by atoms with Crippen LogP contribution in [0.15, 0.2) is 18.3 Å². The van der Waals surface area contributed by atoms with Crippen molar-refractivity contribution in [1.82, 2.24) is 4.98 Å². The van der Waals surface area contributed by atoms with Gasteiger partial charge < -0.3 is 14.8 Å². The van der Waals surface area contributed by atoms with Gasteiger partial charge in [-0.05, 0) is 26.8 Å². The van der Waals surface area contributed by atoms with E-state index in [2.05, 4.69) is 10.3 Å². The molecule has 0 bridgehead atoms. The van der Waals surface area contributed by atoms with Crippen LogP contribution in [0.4, 0.5) is 5.82 Å². The minimum atomic E-state index is -0.103. The van der Waals surface area contributed by atoms with Crippen molar-refractivity contribution in [2.45, 2.75) is 33.0 Å². The molecular weight excluding hydrogens is 216 g/mol. The van der Waals surface area contributed by atoms with E-state index >= 15 is 0 Å². The highest BCUT2D eigenvalue weighted by molar-refractivity contribution is 5.42. The number of nitrogens with zero attached hydrogens (tertiary/aromatic N) is 1. The first kappa shape index (κ1) is 13.9. The average Bonchev–Trinajstić information content (AvgIpc) is 2.27. The topological polar surface area (TPSA) is 43.4 Å². The summed E-state index contributed by atoms with van der Waals surface area (Å²) in [7, 11) is 1.86. The van der Waals surface area contributed by atoms with E-state index in [-0.39, 0.29) is 5.60 Å². The number of hydrogen-bond acceptors (Lipinski definition) is 4. The van der Waals surface area contributed by atoms with Crippen molar-refractivity contribution < 1.29 is 9.47 Å². The minimum Gasteiger partial charge on any atom is -0.374 e. The fraction of sp³-hybridized carbons (Fsp3) is 0.615. The van der Waals surface area contributed by atoms with Crippen LogP contribution in [0.1, 0.15) is 26.3 Å². The lowest BCUT2D eigenvalue weighted by molar-refractivity contribution is -0.0376. The number of ether oxygens (including phenoxy) is 2. The highest BCUT2D eigenvalue weighted by Crippen LogP contribution is 2.12. The van der Waals surface area contributed by atoms with E-state index in [1.54, 1.807) is 6.20 Å². The van der Waals surface area contributed by atoms with E-state index in [0.717, 1.165) is 11.4 Å². The van der Waals surface area contributed by atoms with Gasteiger partial charge in [-0.1, -0.05) is 6.07 Å². The minimum absolute atomic E-state index is 0.103. The van der Waals surface area contributed by atoms with Gasteiger partial charge in [-0.25, -0.2) is 4.98 Å². The van der Waals surface area contributed by atoms with E-state index in [9.17, 15) is 0 Å². The van der Waals surface area contributed by atoms with Crippen LogP contribution in [-0.4, -0.2) is 30.8 Å². The Balaban J connectivity index is 2.27. The number of aromatic nitrogens is 1. The molecule has 0 aliphatic carbocycles. The summed E-state index contributed by atoms with van der Waals surface area (Å²) in [5.74, 6) is 0.865. The predicted molar refractivity (Wildman–Crippen MR) is 69.1 cm³/mol. The summed E-state index contributed by atoms with van der Waals surface area (Å²) in [4.78, 5) is 4.21. The van der Waals surface area contributed by atoms with Gasteiger partial charge in [0.1, 0.15) is 5.82 Å². The van der Waals surface area contributed by atoms with Gasteiger partial charge in [0.25, 0.3) is 0 Å². The van der Waals surface area contributed by atoms with E-state index in [0.29, 0.717) is 19.8 Å². The summed E-state index contributed by atoms with van der Waals surface area (Å²) in [6.07, 6.45) is 1.76. The molecule has 0 radical (unpaired) electrons. The first-order valence-corrected chi connectivity index (χ1v) is 5.86. The Hall–Kier alpha value is -1.13. The molecule has 0 aliphatic rings. The van der Waals surface area contributed by atoms with Gasteiger partial charge in [0.15, 0.2) is 0 Å². The molecule has 1 N–H and O–H groups in total. The Morgan fingerprint density at radius 1 is 1.29 bits per heavy atom. The molecule has 0 amide bonds. The second kappa shape index (κ2) is 6.57. The molecule has 1 aromatic heterocycles. The third-order valence-electron chi connectivity index (χ3n) is 2.15. The third-order valence-corrected chi connectivity index (χ3v) is 2.15. The maximum atomic E-state index is 5.57. The number of rotatable bonds is 6. The van der Waals surface area contributed by atoms with Crippen LogP contribution < -0.4 is 5.32 Å². The fourth-order valence-corrected chi connectivity index (χ4v) is 1.37. The van der Waals surface area contributed by atoms with Crippen LogP contribution in [-0.2, 0) is 16.1 Å². The molecular formula is C13H22N2O2. The third kappa shape index (κ3) is 5.65. The summed E-state index contributed by atoms with van der Waals surface area (Å²) < 4.78 is 11.1. The maximum absolute atomic E-state index is 5.57. The molecule has 0 aliphatic heterocycles. The van der Waals surface area contributed by atoms with Gasteiger partial charge in [0.2, 0.25) is 0 Å². The molecule has 1 aromatic rings. The van der Waals surface area contributed by atoms with Crippen molar-refractivity contribution >= 4 is 5.82 Å². The van der Waals surface area contributed by atoms with Gasteiger partial charge in [-0.15, -0.1) is 0 Å². The van der Waals surface area contributed by atoms with Gasteiger partial charge in [0, 0.05) is 18.8 Å². The number of nitrogens with one attached hydrogen (secondary N) is 1. The second-order valence-electron chi connectivity index (χ2n) is 4.77. The van der Waals surface area contributed by atoms with Crippen LogP contribution in [0.25, 0.3) is 0 Å². The zero-order valence-electron chi connectivity index (χ0n) is 11.1. The highest BCUT2D eigenvalue weighted by Gasteiger charge is 2.09. The largest absolute Gasteiger partial charge is 0.374 e. The summed E-state index contributed by atoms with van der Waals surface area (Å²) >= 11 is 0. The molecule has 0 saturated carbocycles. The van der Waals surface area contributed by atoms with Crippen LogP contribution in [0.2, 0.25) is 0 Å². The number of hydrogen-bond donors (Lipinski definition) is 1. The standard InChI is InChI=1S/C13H22N2O2/c1-13(2,3)17-9-8-16-10-11-6-5-7-15-12(11)14-4/h5-7H,8-10H2,1-4H3,(H,14,15). The molecule has 4 nitrogen and oxygen atoms in total. The summed E-state index contributed by atoms with van der Waals surface area (Å²) in [6.45, 7) is 7.86. The zero-order chi connectivity index (χ0) is 12.7. The lowest BCUT2D eigenvalue weighted by Crippen LogP contribution is -2.21. The Morgan fingerprint density at radius 3 is 2.71 bits per heavy atom. The summed E-state index contributed by atoms with van der Waals surface area (Å²) in [5, 5.41) is 3.04. The van der Waals surface area contributed by atoms with Crippen LogP contribution in [0.5, 0.6) is 0 Å². The van der Waals surface area contributed by atoms with Crippen LogP contribution in [0, 0.1) is 0 Å². The van der Waals surface area contributed by atoms with E-state index < -0.39 is 0 Å². The highest BCUT2D eigenvalue weighted by atomic mass is 16.5. The summed E-state index contributed by atoms with van der Waals surface area (Å²) in [5.41, 5.74) is 0.958. The Kier molecular flexibility index (Phi) is 5.38. The monoisotopic (exact) mass is 238 g/mol. The molecule has 0 unspecified atom stereocenters. The fourth-order valence-electron chi connectivity index (χ4n) is 1.37. The second-order valence-corrected chi connectivity index (χ2v) is 4.77. The molecule has 0 aromatic carbocycles. The van der Waals surface area contributed by atoms with Crippen molar-refractivity contribution in [2.75, 3.05) is 25.6 Å². The van der Waals surface area contributed by atoms with Crippen molar-refractivity contribution in [1.29, 1.82) is 0 Å². The van der Waals surface area contributed by atoms with Gasteiger partial charge >= 0.3 is 0 Å². The first-order chi connectivity index (χ1) is 8.03. The van der Waals surface area contributed by atoms with Crippen LogP contribution >= 0.6 is 0 Å². The van der Waals surface area contributed by atoms with E-state index in [1.165, 1.54) is 0 Å². The zero-order valence-corrected chi connectivity index (χ0v) is 11.1. The predicted octanol–water partition coefficient (Wildman–Crippen LogP) is 2.46. The normalized spacial score (nSPS) is 11.5. The van der Waals surface area contributed by atoms with E-state index in [4.69, 9.17) is 9.47 Å². The van der Waals surface area contributed by atoms with Gasteiger partial charge in [-0.2, -0.15) is 0 Å². The maximum Gasteiger partial charge on any atom is 0.131 e. The van der Waals surface area contributed by atoms with E-state index in [1.807, 2.05) is 40.0 Å². The first-order valence-electron chi connectivity index (χ1n) is 5.86. The Morgan fingerprint density at radius 2 is 2.06 bits per heavy atom. The smallest absolute Gasteiger partial charge is 0.131 e. The van der Waals surface area contributed by atoms with Crippen molar-refractivity contribution in [2.24, 2.45) is 0 Å². The lowest BCUT2D eigenvalue weighted by atomic mass is 10.2. The molecule has 1 rings (SSSR count). The molecule has 0 spiro atoms. The molecule has 17 heavy (non-hydrogen) atoms. The molecule has 1 heterocycles. The molecule has 0 saturated heterocycles. The van der Waals surface area contributed by atoms with Gasteiger partial charge in [0.05, 0.1) is 25.4 Å². The Bertz CT molecular complexity index is 334. The number of anilines is 1. The molecule has 4 heteroatoms. The van der Waals surface area contributed by atoms with Crippen molar-refractivity contribution in [3.63, 3.8) is 0 Å². The molecule has 0 atom stereocenters. The lowest BCUT2D eigenvalue weighted by Gasteiger charge is -2.19.